The second kappa shape index (κ2) is 15.7. The molecule has 0 aliphatic carbocycles. The van der Waals surface area contributed by atoms with Crippen LogP contribution in [0.4, 0.5) is 0 Å². The van der Waals surface area contributed by atoms with Crippen LogP contribution in [0.15, 0.2) is 126 Å². The van der Waals surface area contributed by atoms with Crippen molar-refractivity contribution in [1.82, 2.24) is 0 Å². The van der Waals surface area contributed by atoms with Crippen molar-refractivity contribution in [3.8, 4) is 0 Å². The van der Waals surface area contributed by atoms with E-state index in [2.05, 4.69) is 0 Å². The van der Waals surface area contributed by atoms with E-state index >= 15 is 0 Å². The summed E-state index contributed by atoms with van der Waals surface area (Å²) in [6.45, 7) is 2.80. The van der Waals surface area contributed by atoms with E-state index in [-0.39, 0.29) is 6.61 Å². The molecule has 0 N–H and O–H groups in total. The molecule has 5 atom stereocenters. The van der Waals surface area contributed by atoms with Gasteiger partial charge in [-0.1, -0.05) is 121 Å². The topological polar surface area (TPSA) is 63.2 Å². The number of rotatable bonds is 13. The molecule has 1 aliphatic heterocycles. The van der Waals surface area contributed by atoms with Crippen LogP contribution in [0.5, 0.6) is 0 Å². The number of ether oxygens (including phenoxy) is 5. The smallest absolute Gasteiger partial charge is 0.303 e. The first kappa shape index (κ1) is 30.0. The predicted octanol–water partition coefficient (Wildman–Crippen LogP) is 6.82. The molecule has 0 spiro atoms. The molecule has 218 valence electrons. The summed E-state index contributed by atoms with van der Waals surface area (Å²) in [5, 5.41) is 0. The van der Waals surface area contributed by atoms with Crippen molar-refractivity contribution in [2.45, 2.75) is 61.5 Å². The number of hydrogen-bond donors (Lipinski definition) is 0. The third kappa shape index (κ3) is 8.77. The SMILES string of the molecule is CC(=O)O[C@@H]1[C@@H](OCc2ccccc2)[C@H](OCc2ccccc2)[C@@H](COCc2ccccc2)O[C@H]1Sc1ccccc1. The van der Waals surface area contributed by atoms with E-state index in [0.29, 0.717) is 19.8 Å². The Bertz CT molecular complexity index is 1340. The van der Waals surface area contributed by atoms with E-state index in [4.69, 9.17) is 23.7 Å². The minimum Gasteiger partial charge on any atom is -0.456 e. The molecule has 0 saturated carbocycles. The average Bonchev–Trinajstić information content (AvgIpc) is 3.02. The van der Waals surface area contributed by atoms with Crippen molar-refractivity contribution in [3.63, 3.8) is 0 Å². The van der Waals surface area contributed by atoms with Gasteiger partial charge in [-0.15, -0.1) is 0 Å². The van der Waals surface area contributed by atoms with Gasteiger partial charge in [-0.3, -0.25) is 4.79 Å². The monoisotopic (exact) mass is 584 g/mol. The van der Waals surface area contributed by atoms with E-state index in [0.717, 1.165) is 21.6 Å². The van der Waals surface area contributed by atoms with Crippen LogP contribution in [-0.4, -0.2) is 42.4 Å². The van der Waals surface area contributed by atoms with Gasteiger partial charge < -0.3 is 23.7 Å². The molecule has 1 fully saturated rings. The van der Waals surface area contributed by atoms with Crippen LogP contribution in [0, 0.1) is 0 Å². The van der Waals surface area contributed by atoms with Gasteiger partial charge in [0.25, 0.3) is 0 Å². The zero-order valence-electron chi connectivity index (χ0n) is 23.6. The van der Waals surface area contributed by atoms with Crippen LogP contribution in [0.25, 0.3) is 0 Å². The zero-order chi connectivity index (χ0) is 29.0. The molecule has 0 bridgehead atoms. The van der Waals surface area contributed by atoms with Crippen molar-refractivity contribution >= 4 is 17.7 Å². The van der Waals surface area contributed by atoms with Gasteiger partial charge in [-0.05, 0) is 28.8 Å². The average molecular weight is 585 g/mol. The van der Waals surface area contributed by atoms with Crippen LogP contribution in [0.3, 0.4) is 0 Å². The Morgan fingerprint density at radius 2 is 1.12 bits per heavy atom. The molecular weight excluding hydrogens is 548 g/mol. The fraction of sp³-hybridized carbons (Fsp3) is 0.286. The van der Waals surface area contributed by atoms with E-state index < -0.39 is 35.8 Å². The Hall–Kier alpha value is -3.46. The fourth-order valence-corrected chi connectivity index (χ4v) is 5.97. The zero-order valence-corrected chi connectivity index (χ0v) is 24.4. The number of esters is 1. The summed E-state index contributed by atoms with van der Waals surface area (Å²) in [5.41, 5.74) is 2.56. The highest BCUT2D eigenvalue weighted by Gasteiger charge is 2.50. The Labute approximate surface area is 251 Å². The number of carbonyl (C=O) groups is 1. The molecule has 4 aromatic rings. The van der Waals surface area contributed by atoms with Gasteiger partial charge >= 0.3 is 5.97 Å². The number of thioether (sulfide) groups is 1. The summed E-state index contributed by atoms with van der Waals surface area (Å²) in [5.74, 6) is -0.406. The number of carbonyl (C=O) groups excluding carboxylic acids is 1. The highest BCUT2D eigenvalue weighted by atomic mass is 32.2. The molecule has 1 saturated heterocycles. The molecule has 0 amide bonds. The van der Waals surface area contributed by atoms with Gasteiger partial charge in [0, 0.05) is 11.8 Å². The largest absolute Gasteiger partial charge is 0.456 e. The molecule has 42 heavy (non-hydrogen) atoms. The second-order valence-electron chi connectivity index (χ2n) is 10.1. The first-order chi connectivity index (χ1) is 20.7. The Balaban J connectivity index is 1.44. The van der Waals surface area contributed by atoms with Gasteiger partial charge in [-0.25, -0.2) is 0 Å². The van der Waals surface area contributed by atoms with E-state index in [1.807, 2.05) is 121 Å². The van der Waals surface area contributed by atoms with Gasteiger partial charge in [0.05, 0.1) is 26.4 Å². The van der Waals surface area contributed by atoms with Gasteiger partial charge in [0.1, 0.15) is 23.7 Å². The van der Waals surface area contributed by atoms with Gasteiger partial charge in [-0.2, -0.15) is 0 Å². The Kier molecular flexibility index (Phi) is 11.2. The third-order valence-corrected chi connectivity index (χ3v) is 8.01. The molecule has 0 unspecified atom stereocenters. The van der Waals surface area contributed by atoms with Gasteiger partial charge in [0.15, 0.2) is 6.10 Å². The molecule has 0 radical (unpaired) electrons. The maximum Gasteiger partial charge on any atom is 0.303 e. The summed E-state index contributed by atoms with van der Waals surface area (Å²) in [4.78, 5) is 13.4. The first-order valence-corrected chi connectivity index (χ1v) is 15.0. The van der Waals surface area contributed by atoms with Crippen LogP contribution in [0.2, 0.25) is 0 Å². The molecule has 6 nitrogen and oxygen atoms in total. The summed E-state index contributed by atoms with van der Waals surface area (Å²) >= 11 is 1.50. The maximum atomic E-state index is 12.4. The summed E-state index contributed by atoms with van der Waals surface area (Å²) < 4.78 is 32.0. The van der Waals surface area contributed by atoms with Crippen molar-refractivity contribution in [3.05, 3.63) is 138 Å². The first-order valence-electron chi connectivity index (χ1n) is 14.1. The standard InChI is InChI=1S/C35H36O6S/c1-26(36)40-34-33(39-24-29-18-10-4-11-19-29)32(38-23-28-16-8-3-9-17-28)31(25-37-22-27-14-6-2-7-15-27)41-35(34)42-30-20-12-5-13-21-30/h2-21,31-35H,22-25H2,1H3/t31-,32-,33+,34-,35+/m1/s1. The molecular formula is C35H36O6S. The van der Waals surface area contributed by atoms with Crippen molar-refractivity contribution < 1.29 is 28.5 Å². The lowest BCUT2D eigenvalue weighted by Crippen LogP contribution is -2.60. The van der Waals surface area contributed by atoms with Crippen LogP contribution in [0.1, 0.15) is 23.6 Å². The number of benzene rings is 4. The molecule has 5 rings (SSSR count). The minimum atomic E-state index is -0.720. The molecule has 4 aromatic carbocycles. The van der Waals surface area contributed by atoms with Crippen molar-refractivity contribution in [2.75, 3.05) is 6.61 Å². The summed E-state index contributed by atoms with van der Waals surface area (Å²) in [6, 6.07) is 39.9. The summed E-state index contributed by atoms with van der Waals surface area (Å²) in [6.07, 6.45) is -2.38. The quantitative estimate of drug-likeness (QED) is 0.160. The molecule has 7 heteroatoms. The normalized spacial score (nSPS) is 22.0. The highest BCUT2D eigenvalue weighted by Crippen LogP contribution is 2.38. The van der Waals surface area contributed by atoms with Crippen LogP contribution >= 0.6 is 11.8 Å². The Morgan fingerprint density at radius 3 is 1.64 bits per heavy atom. The van der Waals surface area contributed by atoms with Crippen molar-refractivity contribution in [2.24, 2.45) is 0 Å². The lowest BCUT2D eigenvalue weighted by Gasteiger charge is -2.45. The number of hydrogen-bond acceptors (Lipinski definition) is 7. The summed E-state index contributed by atoms with van der Waals surface area (Å²) in [7, 11) is 0. The van der Waals surface area contributed by atoms with Crippen LogP contribution in [-0.2, 0) is 48.3 Å². The van der Waals surface area contributed by atoms with E-state index in [1.165, 1.54) is 18.7 Å². The lowest BCUT2D eigenvalue weighted by molar-refractivity contribution is -0.249. The van der Waals surface area contributed by atoms with E-state index in [9.17, 15) is 4.79 Å². The fourth-order valence-electron chi connectivity index (χ4n) is 4.85. The lowest BCUT2D eigenvalue weighted by atomic mass is 9.99. The minimum absolute atomic E-state index is 0.276. The van der Waals surface area contributed by atoms with Gasteiger partial charge in [0.2, 0.25) is 0 Å². The Morgan fingerprint density at radius 1 is 0.643 bits per heavy atom. The third-order valence-electron chi connectivity index (χ3n) is 6.85. The highest BCUT2D eigenvalue weighted by molar-refractivity contribution is 7.99. The molecule has 1 heterocycles. The molecule has 1 aliphatic rings. The molecule has 0 aromatic heterocycles. The van der Waals surface area contributed by atoms with Crippen LogP contribution < -0.4 is 0 Å². The predicted molar refractivity (Wildman–Crippen MR) is 163 cm³/mol. The maximum absolute atomic E-state index is 12.4. The van der Waals surface area contributed by atoms with Crippen molar-refractivity contribution in [1.29, 1.82) is 0 Å². The second-order valence-corrected chi connectivity index (χ2v) is 11.2. The van der Waals surface area contributed by atoms with E-state index in [1.54, 1.807) is 0 Å².